The van der Waals surface area contributed by atoms with Crippen LogP contribution in [0.4, 0.5) is 0 Å². The minimum Gasteiger partial charge on any atom is -0.490 e. The molecule has 1 aromatic carbocycles. The van der Waals surface area contributed by atoms with Crippen molar-refractivity contribution in [3.05, 3.63) is 34.8 Å². The van der Waals surface area contributed by atoms with Crippen molar-refractivity contribution >= 4 is 27.8 Å². The molecular formula is C17H22BrNO5. The van der Waals surface area contributed by atoms with E-state index in [2.05, 4.69) is 27.8 Å². The molecule has 0 heterocycles. The topological polar surface area (TPSA) is 73.9 Å². The number of rotatable bonds is 10. The first-order valence-corrected chi connectivity index (χ1v) is 8.42. The predicted molar refractivity (Wildman–Crippen MR) is 94.3 cm³/mol. The van der Waals surface area contributed by atoms with Gasteiger partial charge in [-0.2, -0.15) is 0 Å². The lowest BCUT2D eigenvalue weighted by Gasteiger charge is -2.14. The van der Waals surface area contributed by atoms with Gasteiger partial charge < -0.3 is 19.5 Å². The van der Waals surface area contributed by atoms with Gasteiger partial charge in [0.2, 0.25) is 0 Å². The molecule has 0 radical (unpaired) electrons. The maximum absolute atomic E-state index is 11.9. The van der Waals surface area contributed by atoms with Gasteiger partial charge in [-0.15, -0.1) is 6.58 Å². The number of ether oxygens (including phenoxy) is 3. The summed E-state index contributed by atoms with van der Waals surface area (Å²) in [5, 5.41) is 2.53. The van der Waals surface area contributed by atoms with E-state index < -0.39 is 5.97 Å². The van der Waals surface area contributed by atoms with Gasteiger partial charge in [-0.3, -0.25) is 9.59 Å². The molecule has 0 saturated carbocycles. The molecule has 0 aliphatic carbocycles. The first kappa shape index (κ1) is 20.0. The molecule has 1 aromatic rings. The highest BCUT2D eigenvalue weighted by molar-refractivity contribution is 9.10. The summed E-state index contributed by atoms with van der Waals surface area (Å²) in [6.45, 7) is 8.24. The fourth-order valence-electron chi connectivity index (χ4n) is 1.84. The van der Waals surface area contributed by atoms with Crippen molar-refractivity contribution in [1.29, 1.82) is 0 Å². The van der Waals surface area contributed by atoms with Crippen LogP contribution in [-0.4, -0.2) is 38.2 Å². The van der Waals surface area contributed by atoms with Gasteiger partial charge in [0.25, 0.3) is 5.91 Å². The zero-order chi connectivity index (χ0) is 17.9. The monoisotopic (exact) mass is 399 g/mol. The molecule has 0 aliphatic heterocycles. The molecule has 24 heavy (non-hydrogen) atoms. The van der Waals surface area contributed by atoms with Crippen LogP contribution >= 0.6 is 15.9 Å². The Balaban J connectivity index is 2.72. The van der Waals surface area contributed by atoms with Crippen molar-refractivity contribution < 1.29 is 23.8 Å². The van der Waals surface area contributed by atoms with Crippen LogP contribution in [0.1, 0.15) is 19.4 Å². The lowest BCUT2D eigenvalue weighted by atomic mass is 10.1. The van der Waals surface area contributed by atoms with E-state index in [9.17, 15) is 9.59 Å². The summed E-state index contributed by atoms with van der Waals surface area (Å²) in [6.07, 6.45) is 1.56. The van der Waals surface area contributed by atoms with Crippen molar-refractivity contribution in [3.8, 4) is 11.5 Å². The van der Waals surface area contributed by atoms with Crippen molar-refractivity contribution in [1.82, 2.24) is 5.32 Å². The minimum absolute atomic E-state index is 0.0157. The van der Waals surface area contributed by atoms with Crippen LogP contribution in [-0.2, 0) is 20.7 Å². The average Bonchev–Trinajstić information content (AvgIpc) is 2.55. The number of amides is 1. The molecule has 0 spiro atoms. The SMILES string of the molecule is C=CCNC(=O)COC(=O)Cc1cc(OCC)c(OCC)cc1Br. The number of benzene rings is 1. The number of carbonyl (C=O) groups excluding carboxylic acids is 2. The summed E-state index contributed by atoms with van der Waals surface area (Å²) in [4.78, 5) is 23.3. The fourth-order valence-corrected chi connectivity index (χ4v) is 2.30. The Hall–Kier alpha value is -2.02. The Morgan fingerprint density at radius 3 is 2.42 bits per heavy atom. The van der Waals surface area contributed by atoms with Crippen molar-refractivity contribution in [3.63, 3.8) is 0 Å². The van der Waals surface area contributed by atoms with Gasteiger partial charge in [0.1, 0.15) is 0 Å². The van der Waals surface area contributed by atoms with Gasteiger partial charge in [0.05, 0.1) is 19.6 Å². The maximum Gasteiger partial charge on any atom is 0.310 e. The Morgan fingerprint density at radius 1 is 1.21 bits per heavy atom. The predicted octanol–water partition coefficient (Wildman–Crippen LogP) is 2.63. The Bertz CT molecular complexity index is 589. The molecule has 0 unspecified atom stereocenters. The Morgan fingerprint density at radius 2 is 1.83 bits per heavy atom. The smallest absolute Gasteiger partial charge is 0.310 e. The molecule has 1 rings (SSSR count). The molecular weight excluding hydrogens is 378 g/mol. The minimum atomic E-state index is -0.504. The second kappa shape index (κ2) is 10.7. The number of hydrogen-bond donors (Lipinski definition) is 1. The summed E-state index contributed by atoms with van der Waals surface area (Å²) in [6, 6.07) is 3.49. The number of nitrogens with one attached hydrogen (secondary N) is 1. The molecule has 0 aromatic heterocycles. The molecule has 6 nitrogen and oxygen atoms in total. The summed E-state index contributed by atoms with van der Waals surface area (Å²) in [7, 11) is 0. The third-order valence-electron chi connectivity index (χ3n) is 2.86. The number of esters is 1. The number of hydrogen-bond acceptors (Lipinski definition) is 5. The molecule has 0 aliphatic rings. The average molecular weight is 400 g/mol. The van der Waals surface area contributed by atoms with Crippen molar-refractivity contribution in [2.45, 2.75) is 20.3 Å². The van der Waals surface area contributed by atoms with E-state index in [4.69, 9.17) is 14.2 Å². The molecule has 0 fully saturated rings. The second-order valence-electron chi connectivity index (χ2n) is 4.69. The molecule has 7 heteroatoms. The van der Waals surface area contributed by atoms with Crippen LogP contribution in [0, 0.1) is 0 Å². The van der Waals surface area contributed by atoms with Gasteiger partial charge >= 0.3 is 5.97 Å². The number of carbonyl (C=O) groups is 2. The quantitative estimate of drug-likeness (QED) is 0.483. The number of halogens is 1. The first-order chi connectivity index (χ1) is 11.5. The molecule has 0 bridgehead atoms. The van der Waals surface area contributed by atoms with E-state index in [0.29, 0.717) is 41.3 Å². The summed E-state index contributed by atoms with van der Waals surface area (Å²) < 4.78 is 16.7. The van der Waals surface area contributed by atoms with Gasteiger partial charge in [0, 0.05) is 11.0 Å². The highest BCUT2D eigenvalue weighted by atomic mass is 79.9. The lowest BCUT2D eigenvalue weighted by molar-refractivity contribution is -0.147. The summed E-state index contributed by atoms with van der Waals surface area (Å²) >= 11 is 3.41. The van der Waals surface area contributed by atoms with Gasteiger partial charge in [0.15, 0.2) is 18.1 Å². The van der Waals surface area contributed by atoms with Crippen LogP contribution < -0.4 is 14.8 Å². The van der Waals surface area contributed by atoms with E-state index in [1.165, 1.54) is 0 Å². The molecule has 0 atom stereocenters. The Kier molecular flexibility index (Phi) is 8.93. The zero-order valence-corrected chi connectivity index (χ0v) is 15.5. The van der Waals surface area contributed by atoms with Crippen molar-refractivity contribution in [2.75, 3.05) is 26.4 Å². The summed E-state index contributed by atoms with van der Waals surface area (Å²) in [5.74, 6) is 0.293. The fraction of sp³-hybridized carbons (Fsp3) is 0.412. The van der Waals surface area contributed by atoms with Gasteiger partial charge in [-0.05, 0) is 31.5 Å². The molecule has 0 saturated heterocycles. The summed E-state index contributed by atoms with van der Waals surface area (Å²) in [5.41, 5.74) is 0.693. The van der Waals surface area contributed by atoms with E-state index in [-0.39, 0.29) is 18.9 Å². The molecule has 132 valence electrons. The second-order valence-corrected chi connectivity index (χ2v) is 5.54. The third-order valence-corrected chi connectivity index (χ3v) is 3.59. The Labute approximate surface area is 150 Å². The van der Waals surface area contributed by atoms with Gasteiger partial charge in [-0.25, -0.2) is 0 Å². The highest BCUT2D eigenvalue weighted by Crippen LogP contribution is 2.34. The molecule has 1 amide bonds. The first-order valence-electron chi connectivity index (χ1n) is 7.63. The van der Waals surface area contributed by atoms with Crippen molar-refractivity contribution in [2.24, 2.45) is 0 Å². The van der Waals surface area contributed by atoms with Crippen LogP contribution in [0.3, 0.4) is 0 Å². The zero-order valence-electron chi connectivity index (χ0n) is 13.9. The van der Waals surface area contributed by atoms with Gasteiger partial charge in [-0.1, -0.05) is 22.0 Å². The highest BCUT2D eigenvalue weighted by Gasteiger charge is 2.15. The van der Waals surface area contributed by atoms with E-state index in [0.717, 1.165) is 0 Å². The largest absolute Gasteiger partial charge is 0.490 e. The van der Waals surface area contributed by atoms with E-state index in [1.54, 1.807) is 18.2 Å². The van der Waals surface area contributed by atoms with Crippen LogP contribution in [0.5, 0.6) is 11.5 Å². The van der Waals surface area contributed by atoms with E-state index >= 15 is 0 Å². The van der Waals surface area contributed by atoms with E-state index in [1.807, 2.05) is 13.8 Å². The molecule has 1 N–H and O–H groups in total. The van der Waals surface area contributed by atoms with Crippen LogP contribution in [0.25, 0.3) is 0 Å². The lowest BCUT2D eigenvalue weighted by Crippen LogP contribution is -2.29. The van der Waals surface area contributed by atoms with Crippen LogP contribution in [0.15, 0.2) is 29.3 Å². The standard InChI is InChI=1S/C17H22BrNO5/c1-4-7-19-16(20)11-24-17(21)9-12-8-14(22-5-2)15(23-6-3)10-13(12)18/h4,8,10H,1,5-7,9,11H2,2-3H3,(H,19,20). The van der Waals surface area contributed by atoms with Crippen LogP contribution in [0.2, 0.25) is 0 Å². The normalized spacial score (nSPS) is 9.96. The third kappa shape index (κ3) is 6.62. The maximum atomic E-state index is 11.9.